The average molecular weight is 287 g/mol. The molecule has 0 unspecified atom stereocenters. The van der Waals surface area contributed by atoms with E-state index >= 15 is 0 Å². The Balaban J connectivity index is 2.33. The summed E-state index contributed by atoms with van der Waals surface area (Å²) in [5.74, 6) is 6.22. The minimum Gasteiger partial charge on any atom is -0.439 e. The van der Waals surface area contributed by atoms with Crippen LogP contribution in [-0.4, -0.2) is 9.97 Å². The van der Waals surface area contributed by atoms with Crippen LogP contribution in [0.4, 0.5) is 10.2 Å². The van der Waals surface area contributed by atoms with Crippen molar-refractivity contribution in [2.24, 2.45) is 5.84 Å². The molecule has 0 saturated carbocycles. The van der Waals surface area contributed by atoms with E-state index in [0.29, 0.717) is 11.6 Å². The van der Waals surface area contributed by atoms with E-state index in [0.717, 1.165) is 6.07 Å². The number of hydrazine groups is 1. The molecule has 21 heavy (non-hydrogen) atoms. The second-order valence-electron chi connectivity index (χ2n) is 4.60. The number of benzene rings is 1. The van der Waals surface area contributed by atoms with Crippen molar-refractivity contribution >= 4 is 5.82 Å². The summed E-state index contributed by atoms with van der Waals surface area (Å²) in [7, 11) is 0. The third kappa shape index (κ3) is 3.43. The fourth-order valence-electron chi connectivity index (χ4n) is 1.60. The third-order valence-corrected chi connectivity index (χ3v) is 2.67. The number of rotatable bonds is 4. The van der Waals surface area contributed by atoms with Crippen molar-refractivity contribution in [3.05, 3.63) is 41.5 Å². The predicted octanol–water partition coefficient (Wildman–Crippen LogP) is 2.69. The molecule has 0 spiro atoms. The Bertz CT molecular complexity index is 696. The second kappa shape index (κ2) is 6.15. The molecule has 0 aliphatic heterocycles. The summed E-state index contributed by atoms with van der Waals surface area (Å²) in [5.41, 5.74) is 2.39. The van der Waals surface area contributed by atoms with Gasteiger partial charge < -0.3 is 10.2 Å². The van der Waals surface area contributed by atoms with Crippen molar-refractivity contribution in [2.75, 3.05) is 5.43 Å². The SMILES string of the molecule is CC(C)c1nc(NN)cc(Oc2ccc(C#N)c(F)c2)n1. The zero-order chi connectivity index (χ0) is 15.4. The number of nitrogens with one attached hydrogen (secondary N) is 1. The van der Waals surface area contributed by atoms with Gasteiger partial charge in [0.25, 0.3) is 0 Å². The summed E-state index contributed by atoms with van der Waals surface area (Å²) in [5, 5.41) is 8.69. The Labute approximate surface area is 121 Å². The fraction of sp³-hybridized carbons (Fsp3) is 0.214. The van der Waals surface area contributed by atoms with Crippen molar-refractivity contribution in [3.63, 3.8) is 0 Å². The lowest BCUT2D eigenvalue weighted by molar-refractivity contribution is 0.452. The van der Waals surface area contributed by atoms with Crippen LogP contribution in [0.5, 0.6) is 11.6 Å². The Kier molecular flexibility index (Phi) is 4.30. The number of nitrogen functional groups attached to an aromatic ring is 1. The predicted molar refractivity (Wildman–Crippen MR) is 75.1 cm³/mol. The quantitative estimate of drug-likeness (QED) is 0.663. The van der Waals surface area contributed by atoms with Gasteiger partial charge in [0.15, 0.2) is 0 Å². The summed E-state index contributed by atoms with van der Waals surface area (Å²) in [6.45, 7) is 3.86. The van der Waals surface area contributed by atoms with Crippen LogP contribution in [0.3, 0.4) is 0 Å². The molecule has 0 aliphatic carbocycles. The van der Waals surface area contributed by atoms with E-state index < -0.39 is 5.82 Å². The van der Waals surface area contributed by atoms with Gasteiger partial charge in [0.2, 0.25) is 5.88 Å². The maximum Gasteiger partial charge on any atom is 0.224 e. The molecule has 2 aromatic rings. The van der Waals surface area contributed by atoms with Crippen LogP contribution in [0.1, 0.15) is 31.2 Å². The van der Waals surface area contributed by atoms with E-state index in [9.17, 15) is 4.39 Å². The first-order chi connectivity index (χ1) is 10.0. The van der Waals surface area contributed by atoms with E-state index in [1.54, 1.807) is 6.07 Å². The first-order valence-electron chi connectivity index (χ1n) is 6.26. The second-order valence-corrected chi connectivity index (χ2v) is 4.60. The maximum absolute atomic E-state index is 13.5. The van der Waals surface area contributed by atoms with Gasteiger partial charge in [0.05, 0.1) is 5.56 Å². The fourth-order valence-corrected chi connectivity index (χ4v) is 1.60. The number of halogens is 1. The van der Waals surface area contributed by atoms with Crippen molar-refractivity contribution in [1.82, 2.24) is 9.97 Å². The molecule has 1 heterocycles. The van der Waals surface area contributed by atoms with E-state index in [2.05, 4.69) is 15.4 Å². The monoisotopic (exact) mass is 287 g/mol. The molecule has 0 atom stereocenters. The summed E-state index contributed by atoms with van der Waals surface area (Å²) >= 11 is 0. The molecule has 0 fully saturated rings. The lowest BCUT2D eigenvalue weighted by atomic mass is 10.2. The maximum atomic E-state index is 13.5. The summed E-state index contributed by atoms with van der Waals surface area (Å²) < 4.78 is 19.0. The van der Waals surface area contributed by atoms with E-state index in [-0.39, 0.29) is 23.1 Å². The molecule has 7 heteroatoms. The smallest absolute Gasteiger partial charge is 0.224 e. The van der Waals surface area contributed by atoms with Gasteiger partial charge in [-0.2, -0.15) is 10.2 Å². The van der Waals surface area contributed by atoms with Gasteiger partial charge in [0, 0.05) is 18.1 Å². The molecule has 6 nitrogen and oxygen atoms in total. The van der Waals surface area contributed by atoms with Crippen molar-refractivity contribution in [3.8, 4) is 17.7 Å². The number of anilines is 1. The van der Waals surface area contributed by atoms with Crippen molar-refractivity contribution in [2.45, 2.75) is 19.8 Å². The molecular weight excluding hydrogens is 273 g/mol. The Morgan fingerprint density at radius 1 is 1.33 bits per heavy atom. The molecule has 1 aromatic heterocycles. The summed E-state index contributed by atoms with van der Waals surface area (Å²) in [6, 6.07) is 7.22. The highest BCUT2D eigenvalue weighted by atomic mass is 19.1. The average Bonchev–Trinajstić information content (AvgIpc) is 2.47. The molecule has 0 aliphatic rings. The normalized spacial score (nSPS) is 10.3. The van der Waals surface area contributed by atoms with Gasteiger partial charge in [-0.1, -0.05) is 13.8 Å². The molecular formula is C14H14FN5O. The third-order valence-electron chi connectivity index (χ3n) is 2.67. The minimum atomic E-state index is -0.648. The number of ether oxygens (including phenoxy) is 1. The van der Waals surface area contributed by atoms with Gasteiger partial charge in [0.1, 0.15) is 29.3 Å². The number of hydrogen-bond donors (Lipinski definition) is 2. The molecule has 3 N–H and O–H groups in total. The minimum absolute atomic E-state index is 0.0442. The van der Waals surface area contributed by atoms with Crippen LogP contribution in [0.2, 0.25) is 0 Å². The molecule has 0 bridgehead atoms. The lowest BCUT2D eigenvalue weighted by Crippen LogP contribution is -2.11. The van der Waals surface area contributed by atoms with E-state index in [1.807, 2.05) is 13.8 Å². The number of aromatic nitrogens is 2. The topological polar surface area (TPSA) is 96.9 Å². The van der Waals surface area contributed by atoms with Crippen LogP contribution in [0, 0.1) is 17.1 Å². The number of hydrogen-bond acceptors (Lipinski definition) is 6. The van der Waals surface area contributed by atoms with Crippen LogP contribution in [0.15, 0.2) is 24.3 Å². The standard InChI is InChI=1S/C14H14FN5O/c1-8(2)14-18-12(20-17)6-13(19-14)21-10-4-3-9(7-16)11(15)5-10/h3-6,8H,17H2,1-2H3,(H,18,19,20). The Morgan fingerprint density at radius 2 is 2.10 bits per heavy atom. The first-order valence-corrected chi connectivity index (χ1v) is 6.26. The largest absolute Gasteiger partial charge is 0.439 e. The first kappa shape index (κ1) is 14.7. The van der Waals surface area contributed by atoms with Gasteiger partial charge in [-0.3, -0.25) is 0 Å². The number of nitrogens with two attached hydrogens (primary N) is 1. The van der Waals surface area contributed by atoms with Crippen molar-refractivity contribution < 1.29 is 9.13 Å². The lowest BCUT2D eigenvalue weighted by Gasteiger charge is -2.10. The zero-order valence-corrected chi connectivity index (χ0v) is 11.6. The summed E-state index contributed by atoms with van der Waals surface area (Å²) in [4.78, 5) is 8.43. The van der Waals surface area contributed by atoms with Crippen LogP contribution >= 0.6 is 0 Å². The zero-order valence-electron chi connectivity index (χ0n) is 11.6. The van der Waals surface area contributed by atoms with Gasteiger partial charge in [-0.15, -0.1) is 0 Å². The highest BCUT2D eigenvalue weighted by Crippen LogP contribution is 2.25. The van der Waals surface area contributed by atoms with Gasteiger partial charge in [-0.25, -0.2) is 15.2 Å². The molecule has 2 rings (SSSR count). The number of nitriles is 1. The molecule has 0 saturated heterocycles. The van der Waals surface area contributed by atoms with E-state index in [1.165, 1.54) is 18.2 Å². The highest BCUT2D eigenvalue weighted by molar-refractivity contribution is 5.41. The molecule has 0 amide bonds. The molecule has 108 valence electrons. The number of nitrogens with zero attached hydrogens (tertiary/aromatic N) is 3. The summed E-state index contributed by atoms with van der Waals surface area (Å²) in [6.07, 6.45) is 0. The molecule has 0 radical (unpaired) electrons. The Morgan fingerprint density at radius 3 is 2.67 bits per heavy atom. The van der Waals surface area contributed by atoms with Gasteiger partial charge in [-0.05, 0) is 12.1 Å². The van der Waals surface area contributed by atoms with Crippen LogP contribution < -0.4 is 16.0 Å². The van der Waals surface area contributed by atoms with E-state index in [4.69, 9.17) is 15.8 Å². The van der Waals surface area contributed by atoms with Gasteiger partial charge >= 0.3 is 0 Å². The highest BCUT2D eigenvalue weighted by Gasteiger charge is 2.10. The Hall–Kier alpha value is -2.72. The van der Waals surface area contributed by atoms with Crippen molar-refractivity contribution in [1.29, 1.82) is 5.26 Å². The molecule has 1 aromatic carbocycles. The van der Waals surface area contributed by atoms with Crippen LogP contribution in [0.25, 0.3) is 0 Å². The van der Waals surface area contributed by atoms with Crippen LogP contribution in [-0.2, 0) is 0 Å².